The molecule has 0 aromatic carbocycles. The summed E-state index contributed by atoms with van der Waals surface area (Å²) >= 11 is 0. The second-order valence-corrected chi connectivity index (χ2v) is 8.07. The van der Waals surface area contributed by atoms with Crippen LogP contribution in [0.25, 0.3) is 0 Å². The molecular weight excluding hydrogens is 324 g/mol. The van der Waals surface area contributed by atoms with Gasteiger partial charge in [0.25, 0.3) is 0 Å². The van der Waals surface area contributed by atoms with Crippen LogP contribution in [0, 0.1) is 0 Å². The zero-order chi connectivity index (χ0) is 19.3. The molecule has 0 heterocycles. The highest BCUT2D eigenvalue weighted by atomic mass is 16.5. The van der Waals surface area contributed by atoms with Gasteiger partial charge in [-0.1, -0.05) is 110 Å². The first-order valence-corrected chi connectivity index (χ1v) is 11.6. The van der Waals surface area contributed by atoms with E-state index in [9.17, 15) is 5.11 Å². The van der Waals surface area contributed by atoms with Gasteiger partial charge in [0.2, 0.25) is 0 Å². The maximum Gasteiger partial charge on any atom is 0.100 e. The molecule has 2 N–H and O–H groups in total. The highest BCUT2D eigenvalue weighted by Gasteiger charge is 2.06. The molecule has 0 rings (SSSR count). The molecule has 2 atom stereocenters. The van der Waals surface area contributed by atoms with Crippen molar-refractivity contribution in [1.82, 2.24) is 0 Å². The molecule has 0 aromatic rings. The third-order valence-corrected chi connectivity index (χ3v) is 5.25. The van der Waals surface area contributed by atoms with E-state index < -0.39 is 6.10 Å². The summed E-state index contributed by atoms with van der Waals surface area (Å²) in [7, 11) is 0. The van der Waals surface area contributed by atoms with Gasteiger partial charge in [-0.3, -0.25) is 0 Å². The van der Waals surface area contributed by atoms with Crippen LogP contribution in [0.3, 0.4) is 0 Å². The number of unbranched alkanes of at least 4 members (excludes halogenated alkanes) is 15. The molecule has 0 fully saturated rings. The molecule has 0 aliphatic carbocycles. The lowest BCUT2D eigenvalue weighted by molar-refractivity contribution is -0.0254. The highest BCUT2D eigenvalue weighted by molar-refractivity contribution is 4.56. The molecule has 2 unspecified atom stereocenters. The zero-order valence-corrected chi connectivity index (χ0v) is 17.9. The minimum absolute atomic E-state index is 0.183. The first kappa shape index (κ1) is 25.9. The van der Waals surface area contributed by atoms with E-state index in [-0.39, 0.29) is 19.3 Å². The van der Waals surface area contributed by atoms with E-state index in [0.717, 1.165) is 6.42 Å². The van der Waals surface area contributed by atoms with Gasteiger partial charge in [-0.25, -0.2) is 0 Å². The molecule has 3 nitrogen and oxygen atoms in total. The predicted octanol–water partition coefficient (Wildman–Crippen LogP) is 6.40. The number of hydrogen-bond donors (Lipinski definition) is 2. The van der Waals surface area contributed by atoms with Crippen molar-refractivity contribution in [3.8, 4) is 0 Å². The van der Waals surface area contributed by atoms with Gasteiger partial charge in [0, 0.05) is 0 Å². The fourth-order valence-corrected chi connectivity index (χ4v) is 3.39. The quantitative estimate of drug-likeness (QED) is 0.229. The minimum atomic E-state index is -0.733. The lowest BCUT2D eigenvalue weighted by Crippen LogP contribution is -2.22. The number of hydrogen-bond acceptors (Lipinski definition) is 3. The lowest BCUT2D eigenvalue weighted by Gasteiger charge is -2.15. The van der Waals surface area contributed by atoms with Crippen molar-refractivity contribution in [1.29, 1.82) is 0 Å². The average Bonchev–Trinajstić information content (AvgIpc) is 2.65. The smallest absolute Gasteiger partial charge is 0.100 e. The van der Waals surface area contributed by atoms with Gasteiger partial charge in [-0.05, 0) is 13.3 Å². The van der Waals surface area contributed by atoms with Gasteiger partial charge in [0.05, 0.1) is 19.3 Å². The van der Waals surface area contributed by atoms with Gasteiger partial charge in [-0.15, -0.1) is 0 Å². The summed E-state index contributed by atoms with van der Waals surface area (Å²) in [4.78, 5) is 0. The Morgan fingerprint density at radius 2 is 1.04 bits per heavy atom. The first-order valence-electron chi connectivity index (χ1n) is 11.6. The van der Waals surface area contributed by atoms with E-state index in [1.165, 1.54) is 103 Å². The molecule has 0 bridgehead atoms. The van der Waals surface area contributed by atoms with Crippen molar-refractivity contribution in [3.05, 3.63) is 0 Å². The third kappa shape index (κ3) is 20.2. The summed E-state index contributed by atoms with van der Waals surface area (Å²) in [5.74, 6) is 0. The number of aliphatic hydroxyl groups is 2. The fraction of sp³-hybridized carbons (Fsp3) is 1.00. The van der Waals surface area contributed by atoms with Crippen molar-refractivity contribution < 1.29 is 14.9 Å². The molecule has 0 aliphatic heterocycles. The molecule has 3 heteroatoms. The van der Waals surface area contributed by atoms with Crippen molar-refractivity contribution in [2.24, 2.45) is 0 Å². The number of ether oxygens (including phenoxy) is 1. The largest absolute Gasteiger partial charge is 0.394 e. The molecule has 0 saturated carbocycles. The Morgan fingerprint density at radius 1 is 0.654 bits per heavy atom. The van der Waals surface area contributed by atoms with Crippen LogP contribution in [0.15, 0.2) is 0 Å². The van der Waals surface area contributed by atoms with Crippen LogP contribution in [0.5, 0.6) is 0 Å². The lowest BCUT2D eigenvalue weighted by atomic mass is 10.0. The topological polar surface area (TPSA) is 49.7 Å². The zero-order valence-electron chi connectivity index (χ0n) is 17.9. The Balaban J connectivity index is 3.11. The average molecular weight is 373 g/mol. The van der Waals surface area contributed by atoms with Gasteiger partial charge in [-0.2, -0.15) is 0 Å². The van der Waals surface area contributed by atoms with Crippen LogP contribution in [-0.4, -0.2) is 35.6 Å². The minimum Gasteiger partial charge on any atom is -0.394 e. The molecular formula is C23H48O3. The molecule has 0 aliphatic rings. The fourth-order valence-electron chi connectivity index (χ4n) is 3.39. The van der Waals surface area contributed by atoms with Crippen molar-refractivity contribution in [3.63, 3.8) is 0 Å². The van der Waals surface area contributed by atoms with Crippen LogP contribution >= 0.6 is 0 Å². The Labute approximate surface area is 163 Å². The molecule has 0 aromatic heterocycles. The highest BCUT2D eigenvalue weighted by Crippen LogP contribution is 2.14. The van der Waals surface area contributed by atoms with Crippen molar-refractivity contribution in [2.75, 3.05) is 13.2 Å². The van der Waals surface area contributed by atoms with E-state index in [1.807, 2.05) is 0 Å². The Morgan fingerprint density at radius 3 is 1.42 bits per heavy atom. The van der Waals surface area contributed by atoms with E-state index in [1.54, 1.807) is 0 Å². The van der Waals surface area contributed by atoms with Crippen LogP contribution in [0.2, 0.25) is 0 Å². The Kier molecular flexibility index (Phi) is 21.1. The van der Waals surface area contributed by atoms with Gasteiger partial charge in [0.1, 0.15) is 6.10 Å². The summed E-state index contributed by atoms with van der Waals surface area (Å²) in [6.07, 6.45) is 22.8. The molecule has 0 amide bonds. The summed E-state index contributed by atoms with van der Waals surface area (Å²) in [5, 5.41) is 18.0. The maximum atomic E-state index is 9.24. The van der Waals surface area contributed by atoms with Crippen molar-refractivity contribution >= 4 is 0 Å². The molecule has 0 spiro atoms. The van der Waals surface area contributed by atoms with E-state index in [0.29, 0.717) is 0 Å². The maximum absolute atomic E-state index is 9.24. The Bertz CT molecular complexity index is 258. The molecule has 158 valence electrons. The summed E-state index contributed by atoms with van der Waals surface area (Å²) in [6, 6.07) is 0. The normalized spacial score (nSPS) is 13.8. The van der Waals surface area contributed by atoms with Crippen molar-refractivity contribution in [2.45, 2.75) is 135 Å². The molecule has 0 saturated heterocycles. The second kappa shape index (κ2) is 21.2. The van der Waals surface area contributed by atoms with Crippen LogP contribution in [-0.2, 0) is 4.74 Å². The SMILES string of the molecule is CCCCCCCCCCCCCCCCCCC(C)OCC(O)CO. The first-order chi connectivity index (χ1) is 12.7. The van der Waals surface area contributed by atoms with E-state index in [4.69, 9.17) is 9.84 Å². The summed E-state index contributed by atoms with van der Waals surface area (Å²) < 4.78 is 5.51. The predicted molar refractivity (Wildman–Crippen MR) is 113 cm³/mol. The molecule has 26 heavy (non-hydrogen) atoms. The summed E-state index contributed by atoms with van der Waals surface area (Å²) in [5.41, 5.74) is 0. The van der Waals surface area contributed by atoms with E-state index in [2.05, 4.69) is 13.8 Å². The van der Waals surface area contributed by atoms with E-state index >= 15 is 0 Å². The second-order valence-electron chi connectivity index (χ2n) is 8.07. The van der Waals surface area contributed by atoms with Gasteiger partial charge >= 0.3 is 0 Å². The number of aliphatic hydroxyl groups excluding tert-OH is 2. The monoisotopic (exact) mass is 372 g/mol. The third-order valence-electron chi connectivity index (χ3n) is 5.25. The summed E-state index contributed by atoms with van der Waals surface area (Å²) in [6.45, 7) is 4.36. The Hall–Kier alpha value is -0.120. The standard InChI is InChI=1S/C23H48O3/c1-3-4-5-6-7-8-9-10-11-12-13-14-15-16-17-18-19-22(2)26-21-23(25)20-24/h22-25H,3-21H2,1-2H3. The van der Waals surface area contributed by atoms with Crippen LogP contribution in [0.1, 0.15) is 123 Å². The van der Waals surface area contributed by atoms with Gasteiger partial charge in [0.15, 0.2) is 0 Å². The van der Waals surface area contributed by atoms with Crippen LogP contribution in [0.4, 0.5) is 0 Å². The van der Waals surface area contributed by atoms with Gasteiger partial charge < -0.3 is 14.9 Å². The van der Waals surface area contributed by atoms with Crippen LogP contribution < -0.4 is 0 Å². The number of rotatable bonds is 21. The molecule has 0 radical (unpaired) electrons.